The van der Waals surface area contributed by atoms with Crippen molar-refractivity contribution in [3.8, 4) is 6.07 Å². The van der Waals surface area contributed by atoms with Crippen molar-refractivity contribution in [2.45, 2.75) is 25.7 Å². The molecule has 6 heteroatoms. The summed E-state index contributed by atoms with van der Waals surface area (Å²) in [5, 5.41) is 20.1. The summed E-state index contributed by atoms with van der Waals surface area (Å²) in [5.74, 6) is -1.28. The van der Waals surface area contributed by atoms with Gasteiger partial charge < -0.3 is 10.4 Å². The molecule has 19 heavy (non-hydrogen) atoms. The first-order valence-electron chi connectivity index (χ1n) is 5.90. The van der Waals surface area contributed by atoms with Crippen molar-refractivity contribution >= 4 is 27.6 Å². The molecule has 0 amide bonds. The van der Waals surface area contributed by atoms with E-state index in [9.17, 15) is 9.18 Å². The van der Waals surface area contributed by atoms with E-state index < -0.39 is 11.8 Å². The Hall–Kier alpha value is -1.61. The van der Waals surface area contributed by atoms with Crippen LogP contribution in [-0.2, 0) is 4.79 Å². The van der Waals surface area contributed by atoms with Gasteiger partial charge in [-0.3, -0.25) is 4.79 Å². The fraction of sp³-hybridized carbons (Fsp3) is 0.385. The Morgan fingerprint density at radius 3 is 2.79 bits per heavy atom. The van der Waals surface area contributed by atoms with Crippen molar-refractivity contribution in [3.05, 3.63) is 28.0 Å². The van der Waals surface area contributed by atoms with Crippen LogP contribution >= 0.6 is 15.9 Å². The first-order chi connectivity index (χ1) is 9.06. The Morgan fingerprint density at radius 2 is 2.16 bits per heavy atom. The van der Waals surface area contributed by atoms with Crippen LogP contribution in [0.3, 0.4) is 0 Å². The smallest absolute Gasteiger partial charge is 0.303 e. The van der Waals surface area contributed by atoms with E-state index in [4.69, 9.17) is 10.4 Å². The number of hydrogen-bond donors (Lipinski definition) is 2. The molecule has 0 bridgehead atoms. The number of carbonyl (C=O) groups is 1. The van der Waals surface area contributed by atoms with Gasteiger partial charge in [-0.2, -0.15) is 5.26 Å². The number of aliphatic carboxylic acids is 1. The van der Waals surface area contributed by atoms with Gasteiger partial charge in [0.1, 0.15) is 6.07 Å². The molecule has 4 nitrogen and oxygen atoms in total. The number of benzene rings is 1. The average molecular weight is 329 g/mol. The monoisotopic (exact) mass is 328 g/mol. The standard InChI is InChI=1S/C13H14BrFN2O2/c14-12-9(8-16)5-6-10(13(12)15)17-7-3-1-2-4-11(18)19/h5-6,17H,1-4,7H2,(H,18,19). The molecule has 2 N–H and O–H groups in total. The minimum atomic E-state index is -0.796. The maximum atomic E-state index is 13.8. The zero-order valence-corrected chi connectivity index (χ0v) is 11.8. The number of carboxylic acids is 1. The topological polar surface area (TPSA) is 73.1 Å². The van der Waals surface area contributed by atoms with Gasteiger partial charge >= 0.3 is 5.97 Å². The van der Waals surface area contributed by atoms with E-state index in [1.807, 2.05) is 6.07 Å². The van der Waals surface area contributed by atoms with E-state index in [0.717, 1.165) is 12.8 Å². The van der Waals surface area contributed by atoms with Crippen LogP contribution in [0.2, 0.25) is 0 Å². The third kappa shape index (κ3) is 4.87. The molecule has 0 spiro atoms. The molecule has 1 rings (SSSR count). The van der Waals surface area contributed by atoms with Crippen molar-refractivity contribution in [2.75, 3.05) is 11.9 Å². The second-order valence-corrected chi connectivity index (χ2v) is 4.82. The summed E-state index contributed by atoms with van der Waals surface area (Å²) in [4.78, 5) is 10.3. The van der Waals surface area contributed by atoms with Crippen molar-refractivity contribution in [3.63, 3.8) is 0 Å². The highest BCUT2D eigenvalue weighted by Gasteiger charge is 2.10. The van der Waals surface area contributed by atoms with E-state index in [1.165, 1.54) is 6.07 Å². The molecule has 1 aromatic carbocycles. The molecule has 0 aromatic heterocycles. The summed E-state index contributed by atoms with van der Waals surface area (Å²) >= 11 is 3.04. The van der Waals surface area contributed by atoms with Crippen LogP contribution in [0.4, 0.5) is 10.1 Å². The average Bonchev–Trinajstić information content (AvgIpc) is 2.38. The lowest BCUT2D eigenvalue weighted by Crippen LogP contribution is -2.04. The van der Waals surface area contributed by atoms with Gasteiger partial charge in [-0.1, -0.05) is 6.42 Å². The van der Waals surface area contributed by atoms with Crippen LogP contribution < -0.4 is 5.32 Å². The fourth-order valence-corrected chi connectivity index (χ4v) is 2.01. The van der Waals surface area contributed by atoms with Crippen molar-refractivity contribution in [2.24, 2.45) is 0 Å². The number of nitriles is 1. The van der Waals surface area contributed by atoms with Crippen molar-refractivity contribution in [1.82, 2.24) is 0 Å². The second kappa shape index (κ2) is 7.74. The summed E-state index contributed by atoms with van der Waals surface area (Å²) in [6, 6.07) is 4.95. The molecule has 0 aliphatic rings. The highest BCUT2D eigenvalue weighted by Crippen LogP contribution is 2.26. The normalized spacial score (nSPS) is 9.95. The number of nitrogens with one attached hydrogen (secondary N) is 1. The summed E-state index contributed by atoms with van der Waals surface area (Å²) in [6.45, 7) is 0.564. The predicted octanol–water partition coefficient (Wildman–Crippen LogP) is 3.52. The van der Waals surface area contributed by atoms with Gasteiger partial charge in [0, 0.05) is 13.0 Å². The Bertz CT molecular complexity index is 500. The first kappa shape index (κ1) is 15.4. The van der Waals surface area contributed by atoms with Gasteiger partial charge in [-0.25, -0.2) is 4.39 Å². The quantitative estimate of drug-likeness (QED) is 0.751. The number of carboxylic acid groups (broad SMARTS) is 1. The number of unbranched alkanes of at least 4 members (excludes halogenated alkanes) is 2. The lowest BCUT2D eigenvalue weighted by atomic mass is 10.2. The van der Waals surface area contributed by atoms with E-state index in [2.05, 4.69) is 21.2 Å². The highest BCUT2D eigenvalue weighted by molar-refractivity contribution is 9.10. The molecular formula is C13H14BrFN2O2. The number of nitrogens with zero attached hydrogens (tertiary/aromatic N) is 1. The fourth-order valence-electron chi connectivity index (χ4n) is 1.57. The zero-order chi connectivity index (χ0) is 14.3. The van der Waals surface area contributed by atoms with E-state index in [0.29, 0.717) is 18.7 Å². The van der Waals surface area contributed by atoms with Crippen molar-refractivity contribution < 1.29 is 14.3 Å². The Morgan fingerprint density at radius 1 is 1.42 bits per heavy atom. The molecule has 0 unspecified atom stereocenters. The second-order valence-electron chi connectivity index (χ2n) is 4.03. The number of hydrogen-bond acceptors (Lipinski definition) is 3. The van der Waals surface area contributed by atoms with Crippen LogP contribution in [0, 0.1) is 17.1 Å². The van der Waals surface area contributed by atoms with E-state index >= 15 is 0 Å². The van der Waals surface area contributed by atoms with Gasteiger partial charge in [0.15, 0.2) is 5.82 Å². The van der Waals surface area contributed by atoms with Crippen molar-refractivity contribution in [1.29, 1.82) is 5.26 Å². The molecule has 0 aliphatic heterocycles. The summed E-state index contributed by atoms with van der Waals surface area (Å²) in [7, 11) is 0. The molecule has 1 aromatic rings. The van der Waals surface area contributed by atoms with Gasteiger partial charge in [0.2, 0.25) is 0 Å². The first-order valence-corrected chi connectivity index (χ1v) is 6.69. The molecular weight excluding hydrogens is 315 g/mol. The minimum absolute atomic E-state index is 0.158. The minimum Gasteiger partial charge on any atom is -0.481 e. The zero-order valence-electron chi connectivity index (χ0n) is 10.2. The Kier molecular flexibility index (Phi) is 6.30. The van der Waals surface area contributed by atoms with Gasteiger partial charge in [0.05, 0.1) is 15.7 Å². The number of rotatable bonds is 7. The van der Waals surface area contributed by atoms with Gasteiger partial charge in [-0.15, -0.1) is 0 Å². The van der Waals surface area contributed by atoms with Crippen LogP contribution in [0.1, 0.15) is 31.2 Å². The van der Waals surface area contributed by atoms with Crippen LogP contribution in [0.25, 0.3) is 0 Å². The lowest BCUT2D eigenvalue weighted by molar-refractivity contribution is -0.137. The van der Waals surface area contributed by atoms with E-state index in [1.54, 1.807) is 6.07 Å². The number of anilines is 1. The molecule has 0 saturated heterocycles. The third-order valence-electron chi connectivity index (χ3n) is 2.59. The van der Waals surface area contributed by atoms with Crippen LogP contribution in [-0.4, -0.2) is 17.6 Å². The van der Waals surface area contributed by atoms with Gasteiger partial charge in [0.25, 0.3) is 0 Å². The maximum Gasteiger partial charge on any atom is 0.303 e. The molecule has 0 radical (unpaired) electrons. The maximum absolute atomic E-state index is 13.8. The SMILES string of the molecule is N#Cc1ccc(NCCCCCC(=O)O)c(F)c1Br. The summed E-state index contributed by atoms with van der Waals surface area (Å²) < 4.78 is 14.0. The Balaban J connectivity index is 2.40. The third-order valence-corrected chi connectivity index (χ3v) is 3.36. The lowest BCUT2D eigenvalue weighted by Gasteiger charge is -2.09. The predicted molar refractivity (Wildman–Crippen MR) is 73.4 cm³/mol. The summed E-state index contributed by atoms with van der Waals surface area (Å²) in [5.41, 5.74) is 0.591. The number of halogens is 2. The molecule has 0 fully saturated rings. The summed E-state index contributed by atoms with van der Waals surface area (Å²) in [6.07, 6.45) is 2.33. The molecule has 0 saturated carbocycles. The largest absolute Gasteiger partial charge is 0.481 e. The molecule has 0 aliphatic carbocycles. The van der Waals surface area contributed by atoms with E-state index in [-0.39, 0.29) is 16.5 Å². The van der Waals surface area contributed by atoms with Crippen LogP contribution in [0.5, 0.6) is 0 Å². The van der Waals surface area contributed by atoms with Crippen LogP contribution in [0.15, 0.2) is 16.6 Å². The Labute approximate surface area is 119 Å². The molecule has 102 valence electrons. The highest BCUT2D eigenvalue weighted by atomic mass is 79.9. The molecule has 0 heterocycles. The van der Waals surface area contributed by atoms with Gasteiger partial charge in [-0.05, 0) is 40.9 Å². The molecule has 0 atom stereocenters.